The number of carboxylic acid groups (broad SMARTS) is 1. The Morgan fingerprint density at radius 1 is 1.22 bits per heavy atom. The molecule has 3 fully saturated rings. The molecule has 0 aromatic carbocycles. The van der Waals surface area contributed by atoms with Gasteiger partial charge in [-0.2, -0.15) is 0 Å². The Bertz CT molecular complexity index is 368. The van der Waals surface area contributed by atoms with Gasteiger partial charge in [-0.1, -0.05) is 0 Å². The van der Waals surface area contributed by atoms with E-state index in [0.717, 1.165) is 25.8 Å². The summed E-state index contributed by atoms with van der Waals surface area (Å²) >= 11 is 0. The lowest BCUT2D eigenvalue weighted by Crippen LogP contribution is -2.47. The number of likely N-dealkylation sites (tertiary alicyclic amines) is 1. The number of carbonyl (C=O) groups excluding carboxylic acids is 1. The molecule has 3 aliphatic rings. The minimum absolute atomic E-state index is 0.0485. The van der Waals surface area contributed by atoms with E-state index in [0.29, 0.717) is 13.1 Å². The van der Waals surface area contributed by atoms with Gasteiger partial charge < -0.3 is 20.6 Å². The highest BCUT2D eigenvalue weighted by molar-refractivity contribution is 5.83. The summed E-state index contributed by atoms with van der Waals surface area (Å²) in [5.74, 6) is -0.559. The van der Waals surface area contributed by atoms with E-state index in [-0.39, 0.29) is 23.9 Å². The second-order valence-electron chi connectivity index (χ2n) is 5.42. The van der Waals surface area contributed by atoms with Gasteiger partial charge >= 0.3 is 5.97 Å². The van der Waals surface area contributed by atoms with Crippen LogP contribution in [-0.4, -0.2) is 59.6 Å². The van der Waals surface area contributed by atoms with Crippen molar-refractivity contribution in [3.05, 3.63) is 0 Å². The van der Waals surface area contributed by atoms with Crippen LogP contribution in [0.25, 0.3) is 0 Å². The van der Waals surface area contributed by atoms with E-state index in [1.165, 1.54) is 0 Å². The number of hydrogen-bond donors (Lipinski definition) is 3. The molecule has 4 atom stereocenters. The third-order valence-electron chi connectivity index (χ3n) is 4.48. The van der Waals surface area contributed by atoms with Crippen LogP contribution in [0.3, 0.4) is 0 Å². The molecule has 6 nitrogen and oxygen atoms in total. The number of fused-ring (bicyclic) bond motifs is 1. The van der Waals surface area contributed by atoms with E-state index in [2.05, 4.69) is 10.6 Å². The summed E-state index contributed by atoms with van der Waals surface area (Å²) in [6.45, 7) is 2.23. The fourth-order valence-electron chi connectivity index (χ4n) is 3.57. The summed E-state index contributed by atoms with van der Waals surface area (Å²) in [5, 5.41) is 15.4. The van der Waals surface area contributed by atoms with Gasteiger partial charge in [0, 0.05) is 25.0 Å². The number of nitrogens with zero attached hydrogens (tertiary/aromatic N) is 1. The molecule has 3 N–H and O–H groups in total. The SMILES string of the molecule is O=C(O)C1NCC2C1CCN2C(=O)[C@@H]1CCCN1. The summed E-state index contributed by atoms with van der Waals surface area (Å²) in [7, 11) is 0. The van der Waals surface area contributed by atoms with Crippen LogP contribution in [0, 0.1) is 5.92 Å². The average molecular weight is 253 g/mol. The number of carbonyl (C=O) groups is 2. The number of nitrogens with one attached hydrogen (secondary N) is 2. The smallest absolute Gasteiger partial charge is 0.321 e. The molecule has 0 aliphatic carbocycles. The first-order valence-electron chi connectivity index (χ1n) is 6.68. The second kappa shape index (κ2) is 4.51. The molecular weight excluding hydrogens is 234 g/mol. The quantitative estimate of drug-likeness (QED) is 0.589. The summed E-state index contributed by atoms with van der Waals surface area (Å²) in [5.41, 5.74) is 0. The van der Waals surface area contributed by atoms with Gasteiger partial charge in [0.05, 0.1) is 6.04 Å². The monoisotopic (exact) mass is 253 g/mol. The summed E-state index contributed by atoms with van der Waals surface area (Å²) < 4.78 is 0. The maximum Gasteiger partial charge on any atom is 0.321 e. The molecule has 0 radical (unpaired) electrons. The fraction of sp³-hybridized carbons (Fsp3) is 0.833. The molecule has 1 amide bonds. The van der Waals surface area contributed by atoms with Crippen molar-refractivity contribution in [3.63, 3.8) is 0 Å². The van der Waals surface area contributed by atoms with E-state index in [1.807, 2.05) is 4.90 Å². The molecular formula is C12H19N3O3. The molecule has 3 heterocycles. The molecule has 3 saturated heterocycles. The topological polar surface area (TPSA) is 81.7 Å². The summed E-state index contributed by atoms with van der Waals surface area (Å²) in [4.78, 5) is 25.3. The number of carboxylic acids is 1. The molecule has 0 aromatic heterocycles. The first-order chi connectivity index (χ1) is 8.68. The minimum atomic E-state index is -0.796. The van der Waals surface area contributed by atoms with Crippen LogP contribution in [0.4, 0.5) is 0 Å². The van der Waals surface area contributed by atoms with Gasteiger partial charge in [-0.3, -0.25) is 9.59 Å². The Hall–Kier alpha value is -1.14. The molecule has 18 heavy (non-hydrogen) atoms. The van der Waals surface area contributed by atoms with Crippen LogP contribution >= 0.6 is 0 Å². The van der Waals surface area contributed by atoms with E-state index >= 15 is 0 Å². The van der Waals surface area contributed by atoms with E-state index < -0.39 is 12.0 Å². The third kappa shape index (κ3) is 1.80. The Kier molecular flexibility index (Phi) is 2.99. The van der Waals surface area contributed by atoms with Crippen molar-refractivity contribution in [1.29, 1.82) is 0 Å². The highest BCUT2D eigenvalue weighted by atomic mass is 16.4. The van der Waals surface area contributed by atoms with Crippen molar-refractivity contribution in [2.45, 2.75) is 37.4 Å². The third-order valence-corrected chi connectivity index (χ3v) is 4.48. The van der Waals surface area contributed by atoms with Crippen molar-refractivity contribution in [1.82, 2.24) is 15.5 Å². The van der Waals surface area contributed by atoms with E-state index in [4.69, 9.17) is 5.11 Å². The van der Waals surface area contributed by atoms with Crippen LogP contribution < -0.4 is 10.6 Å². The van der Waals surface area contributed by atoms with Crippen LogP contribution in [0.15, 0.2) is 0 Å². The van der Waals surface area contributed by atoms with Gasteiger partial charge in [-0.25, -0.2) is 0 Å². The Balaban J connectivity index is 1.69. The summed E-state index contributed by atoms with van der Waals surface area (Å²) in [6, 6.07) is -0.460. The molecule has 3 unspecified atom stereocenters. The molecule has 0 bridgehead atoms. The molecule has 0 aromatic rings. The zero-order chi connectivity index (χ0) is 12.7. The average Bonchev–Trinajstić information content (AvgIpc) is 3.04. The predicted molar refractivity (Wildman–Crippen MR) is 64.1 cm³/mol. The van der Waals surface area contributed by atoms with Gasteiger partial charge in [0.2, 0.25) is 5.91 Å². The molecule has 3 rings (SSSR count). The van der Waals surface area contributed by atoms with E-state index in [1.54, 1.807) is 0 Å². The largest absolute Gasteiger partial charge is 0.480 e. The highest BCUT2D eigenvalue weighted by Gasteiger charge is 2.49. The van der Waals surface area contributed by atoms with Crippen molar-refractivity contribution in [3.8, 4) is 0 Å². The lowest BCUT2D eigenvalue weighted by Gasteiger charge is -2.26. The molecule has 3 aliphatic heterocycles. The Morgan fingerprint density at radius 2 is 2.06 bits per heavy atom. The Labute approximate surface area is 106 Å². The highest BCUT2D eigenvalue weighted by Crippen LogP contribution is 2.32. The maximum absolute atomic E-state index is 12.4. The first-order valence-corrected chi connectivity index (χ1v) is 6.68. The van der Waals surface area contributed by atoms with Gasteiger partial charge in [-0.15, -0.1) is 0 Å². The van der Waals surface area contributed by atoms with Crippen molar-refractivity contribution >= 4 is 11.9 Å². The van der Waals surface area contributed by atoms with Gasteiger partial charge in [0.25, 0.3) is 0 Å². The number of amides is 1. The number of aliphatic carboxylic acids is 1. The van der Waals surface area contributed by atoms with Gasteiger partial charge in [-0.05, 0) is 25.8 Å². The molecule has 0 saturated carbocycles. The zero-order valence-corrected chi connectivity index (χ0v) is 10.3. The second-order valence-corrected chi connectivity index (χ2v) is 5.42. The van der Waals surface area contributed by atoms with Crippen LogP contribution in [0.1, 0.15) is 19.3 Å². The van der Waals surface area contributed by atoms with Crippen molar-refractivity contribution < 1.29 is 14.7 Å². The van der Waals surface area contributed by atoms with Crippen LogP contribution in [0.5, 0.6) is 0 Å². The number of rotatable bonds is 2. The lowest BCUT2D eigenvalue weighted by molar-refractivity contribution is -0.140. The standard InChI is InChI=1S/C12H19N3O3/c16-11(8-2-1-4-13-8)15-5-3-7-9(15)6-14-10(7)12(17)18/h7-10,13-14H,1-6H2,(H,17,18)/t7?,8-,9?,10?/m0/s1. The molecule has 100 valence electrons. The van der Waals surface area contributed by atoms with E-state index in [9.17, 15) is 9.59 Å². The van der Waals surface area contributed by atoms with Crippen LogP contribution in [-0.2, 0) is 9.59 Å². The lowest BCUT2D eigenvalue weighted by atomic mass is 9.97. The van der Waals surface area contributed by atoms with Gasteiger partial charge in [0.1, 0.15) is 6.04 Å². The maximum atomic E-state index is 12.4. The number of hydrogen-bond acceptors (Lipinski definition) is 4. The van der Waals surface area contributed by atoms with Crippen molar-refractivity contribution in [2.75, 3.05) is 19.6 Å². The molecule has 6 heteroatoms. The summed E-state index contributed by atoms with van der Waals surface area (Å²) in [6.07, 6.45) is 2.75. The normalized spacial score (nSPS) is 39.0. The predicted octanol–water partition coefficient (Wildman–Crippen LogP) is -0.988. The fourth-order valence-corrected chi connectivity index (χ4v) is 3.57. The van der Waals surface area contributed by atoms with Crippen LogP contribution in [0.2, 0.25) is 0 Å². The Morgan fingerprint density at radius 3 is 2.72 bits per heavy atom. The minimum Gasteiger partial charge on any atom is -0.480 e. The van der Waals surface area contributed by atoms with Crippen molar-refractivity contribution in [2.24, 2.45) is 5.92 Å². The first kappa shape index (κ1) is 11.9. The van der Waals surface area contributed by atoms with Gasteiger partial charge in [0.15, 0.2) is 0 Å². The zero-order valence-electron chi connectivity index (χ0n) is 10.3. The molecule has 0 spiro atoms.